The summed E-state index contributed by atoms with van der Waals surface area (Å²) < 4.78 is 5.11. The summed E-state index contributed by atoms with van der Waals surface area (Å²) in [5.74, 6) is 0.419. The molecule has 1 aliphatic rings. The maximum Gasteiger partial charge on any atom is 0.280 e. The fraction of sp³-hybridized carbons (Fsp3) is 0.286. The normalized spacial score (nSPS) is 17.9. The molecule has 0 saturated carbocycles. The van der Waals surface area contributed by atoms with Gasteiger partial charge in [-0.05, 0) is 25.0 Å². The van der Waals surface area contributed by atoms with Gasteiger partial charge in [0.15, 0.2) is 11.6 Å². The van der Waals surface area contributed by atoms with E-state index < -0.39 is 0 Å². The lowest BCUT2D eigenvalue weighted by atomic mass is 10.1. The quantitative estimate of drug-likeness (QED) is 0.772. The van der Waals surface area contributed by atoms with Crippen LogP contribution in [0.15, 0.2) is 34.9 Å². The number of para-hydroxylation sites is 1. The summed E-state index contributed by atoms with van der Waals surface area (Å²) >= 11 is 0. The fourth-order valence-corrected chi connectivity index (χ4v) is 2.46. The lowest BCUT2D eigenvalue weighted by Gasteiger charge is -2.21. The van der Waals surface area contributed by atoms with Gasteiger partial charge in [-0.2, -0.15) is 0 Å². The van der Waals surface area contributed by atoms with Gasteiger partial charge in [-0.25, -0.2) is 4.98 Å². The van der Waals surface area contributed by atoms with E-state index in [1.54, 1.807) is 11.8 Å². The molecule has 0 aliphatic carbocycles. The van der Waals surface area contributed by atoms with E-state index in [4.69, 9.17) is 4.42 Å². The maximum absolute atomic E-state index is 12.4. The molecule has 1 amide bonds. The number of oxazole rings is 1. The maximum atomic E-state index is 12.4. The van der Waals surface area contributed by atoms with Crippen molar-refractivity contribution in [3.63, 3.8) is 0 Å². The van der Waals surface area contributed by atoms with E-state index >= 15 is 0 Å². The lowest BCUT2D eigenvalue weighted by Crippen LogP contribution is -2.35. The number of hydrogen-bond donors (Lipinski definition) is 0. The van der Waals surface area contributed by atoms with Gasteiger partial charge in [0, 0.05) is 18.7 Å². The molecule has 2 heterocycles. The molecule has 2 aromatic rings. The SMILES string of the molecule is Cc1nc(C(=O)N2c3ccccc3CC2C)co1. The highest BCUT2D eigenvalue weighted by Crippen LogP contribution is 2.32. The molecular formula is C14H14N2O2. The van der Waals surface area contributed by atoms with Crippen LogP contribution >= 0.6 is 0 Å². The predicted octanol–water partition coefficient (Wildman–Crippen LogP) is 2.57. The highest BCUT2D eigenvalue weighted by atomic mass is 16.3. The number of fused-ring (bicyclic) bond motifs is 1. The minimum atomic E-state index is -0.0932. The van der Waals surface area contributed by atoms with Gasteiger partial charge in [0.25, 0.3) is 5.91 Å². The number of nitrogens with zero attached hydrogens (tertiary/aromatic N) is 2. The molecule has 0 fully saturated rings. The monoisotopic (exact) mass is 242 g/mol. The Hall–Kier alpha value is -2.10. The minimum Gasteiger partial charge on any atom is -0.448 e. The second kappa shape index (κ2) is 3.98. The molecule has 0 saturated heterocycles. The van der Waals surface area contributed by atoms with Crippen LogP contribution in [-0.4, -0.2) is 16.9 Å². The van der Waals surface area contributed by atoms with Crippen molar-refractivity contribution < 1.29 is 9.21 Å². The van der Waals surface area contributed by atoms with E-state index in [-0.39, 0.29) is 11.9 Å². The zero-order chi connectivity index (χ0) is 12.7. The molecule has 0 bridgehead atoms. The van der Waals surface area contributed by atoms with Crippen molar-refractivity contribution in [2.24, 2.45) is 0 Å². The zero-order valence-electron chi connectivity index (χ0n) is 10.4. The Morgan fingerprint density at radius 2 is 2.22 bits per heavy atom. The van der Waals surface area contributed by atoms with Gasteiger partial charge in [0.2, 0.25) is 0 Å². The molecule has 0 radical (unpaired) electrons. The van der Waals surface area contributed by atoms with Crippen LogP contribution in [0.2, 0.25) is 0 Å². The van der Waals surface area contributed by atoms with Crippen LogP contribution in [0, 0.1) is 6.92 Å². The summed E-state index contributed by atoms with van der Waals surface area (Å²) in [5, 5.41) is 0. The zero-order valence-corrected chi connectivity index (χ0v) is 10.4. The van der Waals surface area contributed by atoms with Crippen LogP contribution in [0.5, 0.6) is 0 Å². The molecular weight excluding hydrogens is 228 g/mol. The molecule has 0 spiro atoms. The lowest BCUT2D eigenvalue weighted by molar-refractivity contribution is 0.0976. The van der Waals surface area contributed by atoms with E-state index in [1.807, 2.05) is 25.1 Å². The molecule has 18 heavy (non-hydrogen) atoms. The van der Waals surface area contributed by atoms with Gasteiger partial charge < -0.3 is 9.32 Å². The van der Waals surface area contributed by atoms with E-state index in [2.05, 4.69) is 11.1 Å². The predicted molar refractivity (Wildman–Crippen MR) is 67.7 cm³/mol. The van der Waals surface area contributed by atoms with Crippen molar-refractivity contribution in [1.82, 2.24) is 4.98 Å². The number of amides is 1. The largest absolute Gasteiger partial charge is 0.448 e. The average Bonchev–Trinajstić information content (AvgIpc) is 2.91. The first kappa shape index (κ1) is 11.0. The van der Waals surface area contributed by atoms with Crippen molar-refractivity contribution in [3.8, 4) is 0 Å². The Kier molecular flexibility index (Phi) is 2.44. The highest BCUT2D eigenvalue weighted by molar-refractivity contribution is 6.06. The van der Waals surface area contributed by atoms with E-state index in [1.165, 1.54) is 11.8 Å². The summed E-state index contributed by atoms with van der Waals surface area (Å²) in [4.78, 5) is 18.3. The number of aryl methyl sites for hydroxylation is 1. The highest BCUT2D eigenvalue weighted by Gasteiger charge is 2.32. The van der Waals surface area contributed by atoms with Crippen molar-refractivity contribution in [2.45, 2.75) is 26.3 Å². The number of carbonyl (C=O) groups is 1. The topological polar surface area (TPSA) is 46.3 Å². The van der Waals surface area contributed by atoms with Crippen LogP contribution < -0.4 is 4.90 Å². The fourth-order valence-electron chi connectivity index (χ4n) is 2.46. The third-order valence-electron chi connectivity index (χ3n) is 3.26. The van der Waals surface area contributed by atoms with Gasteiger partial charge in [-0.15, -0.1) is 0 Å². The van der Waals surface area contributed by atoms with Gasteiger partial charge in [0.1, 0.15) is 6.26 Å². The van der Waals surface area contributed by atoms with Crippen LogP contribution in [0.25, 0.3) is 0 Å². The van der Waals surface area contributed by atoms with Crippen LogP contribution in [0.1, 0.15) is 28.9 Å². The number of anilines is 1. The van der Waals surface area contributed by atoms with E-state index in [0.29, 0.717) is 11.6 Å². The van der Waals surface area contributed by atoms with E-state index in [9.17, 15) is 4.79 Å². The Balaban J connectivity index is 2.00. The molecule has 1 atom stereocenters. The van der Waals surface area contributed by atoms with Crippen molar-refractivity contribution in [2.75, 3.05) is 4.90 Å². The standard InChI is InChI=1S/C14H14N2O2/c1-9-7-11-5-3-4-6-13(11)16(9)14(17)12-8-18-10(2)15-12/h3-6,8-9H,7H2,1-2H3. The summed E-state index contributed by atoms with van der Waals surface area (Å²) in [6.45, 7) is 3.78. The Labute approximate surface area is 105 Å². The Bertz CT molecular complexity index is 603. The molecule has 1 aromatic carbocycles. The van der Waals surface area contributed by atoms with Crippen LogP contribution in [0.4, 0.5) is 5.69 Å². The summed E-state index contributed by atoms with van der Waals surface area (Å²) in [6, 6.07) is 8.15. The number of benzene rings is 1. The summed E-state index contributed by atoms with van der Waals surface area (Å²) in [7, 11) is 0. The smallest absolute Gasteiger partial charge is 0.280 e. The molecule has 0 N–H and O–H groups in total. The number of carbonyl (C=O) groups excluding carboxylic acids is 1. The van der Waals surface area contributed by atoms with Gasteiger partial charge in [-0.3, -0.25) is 4.79 Å². The molecule has 92 valence electrons. The molecule has 1 aromatic heterocycles. The number of rotatable bonds is 1. The van der Waals surface area contributed by atoms with Crippen LogP contribution in [-0.2, 0) is 6.42 Å². The third kappa shape index (κ3) is 1.61. The minimum absolute atomic E-state index is 0.0932. The van der Waals surface area contributed by atoms with Crippen molar-refractivity contribution in [1.29, 1.82) is 0 Å². The van der Waals surface area contributed by atoms with Crippen molar-refractivity contribution in [3.05, 3.63) is 47.7 Å². The molecule has 1 unspecified atom stereocenters. The summed E-state index contributed by atoms with van der Waals surface area (Å²) in [5.41, 5.74) is 2.56. The molecule has 1 aliphatic heterocycles. The number of hydrogen-bond acceptors (Lipinski definition) is 3. The first-order valence-corrected chi connectivity index (χ1v) is 6.00. The molecule has 4 heteroatoms. The van der Waals surface area contributed by atoms with Gasteiger partial charge in [-0.1, -0.05) is 18.2 Å². The third-order valence-corrected chi connectivity index (χ3v) is 3.26. The molecule has 3 rings (SSSR count). The molecule has 4 nitrogen and oxygen atoms in total. The van der Waals surface area contributed by atoms with Gasteiger partial charge in [0.05, 0.1) is 0 Å². The van der Waals surface area contributed by atoms with Crippen LogP contribution in [0.3, 0.4) is 0 Å². The number of aromatic nitrogens is 1. The first-order valence-electron chi connectivity index (χ1n) is 6.00. The Morgan fingerprint density at radius 1 is 1.44 bits per heavy atom. The van der Waals surface area contributed by atoms with E-state index in [0.717, 1.165) is 12.1 Å². The summed E-state index contributed by atoms with van der Waals surface area (Å²) in [6.07, 6.45) is 2.31. The van der Waals surface area contributed by atoms with Gasteiger partial charge >= 0.3 is 0 Å². The Morgan fingerprint density at radius 3 is 2.94 bits per heavy atom. The second-order valence-electron chi connectivity index (χ2n) is 4.61. The first-order chi connectivity index (χ1) is 8.66. The van der Waals surface area contributed by atoms with Crippen molar-refractivity contribution >= 4 is 11.6 Å². The second-order valence-corrected chi connectivity index (χ2v) is 4.61. The average molecular weight is 242 g/mol.